The van der Waals surface area contributed by atoms with Gasteiger partial charge in [0.05, 0.1) is 18.9 Å². The van der Waals surface area contributed by atoms with Crippen molar-refractivity contribution >= 4 is 12.1 Å². The fourth-order valence-electron chi connectivity index (χ4n) is 2.76. The van der Waals surface area contributed by atoms with E-state index in [9.17, 15) is 15.0 Å². The maximum absolute atomic E-state index is 10.6. The van der Waals surface area contributed by atoms with Crippen molar-refractivity contribution in [1.82, 2.24) is 4.90 Å². The number of aromatic hydroxyl groups is 1. The Balaban J connectivity index is 1.97. The van der Waals surface area contributed by atoms with Gasteiger partial charge in [-0.15, -0.1) is 0 Å². The normalized spacial score (nSPS) is 13.3. The van der Waals surface area contributed by atoms with Crippen LogP contribution in [0.1, 0.15) is 24.2 Å². The molecule has 0 radical (unpaired) electrons. The van der Waals surface area contributed by atoms with E-state index in [1.54, 1.807) is 19.2 Å². The molecular weight excluding hydrogens is 332 g/mol. The Morgan fingerprint density at radius 1 is 1.23 bits per heavy atom. The van der Waals surface area contributed by atoms with E-state index in [0.717, 1.165) is 12.2 Å². The van der Waals surface area contributed by atoms with E-state index in [0.29, 0.717) is 18.5 Å². The lowest BCUT2D eigenvalue weighted by Gasteiger charge is -2.27. The van der Waals surface area contributed by atoms with Crippen LogP contribution in [-0.4, -0.2) is 48.3 Å². The number of phenols is 1. The standard InChI is InChI=1S/C20H26N2O4/c1-14(10-15-4-7-17(26-3)8-5-15)22(2)12-20(25)16-6-9-19(24)18(11-16)21-13-23/h4-9,11,13-14,20,24-25H,10,12H2,1-3H3,(H,21,23)/t14-,20+/m0/s1. The first-order valence-corrected chi connectivity index (χ1v) is 8.49. The number of hydrogen-bond acceptors (Lipinski definition) is 5. The second-order valence-corrected chi connectivity index (χ2v) is 6.40. The van der Waals surface area contributed by atoms with Crippen LogP contribution in [0.4, 0.5) is 5.69 Å². The molecule has 0 aliphatic heterocycles. The van der Waals surface area contributed by atoms with Crippen LogP contribution in [0.2, 0.25) is 0 Å². The second-order valence-electron chi connectivity index (χ2n) is 6.40. The summed E-state index contributed by atoms with van der Waals surface area (Å²) in [6.45, 7) is 2.54. The number of phenolic OH excluding ortho intramolecular Hbond substituents is 1. The molecule has 0 saturated carbocycles. The van der Waals surface area contributed by atoms with Gasteiger partial charge in [-0.05, 0) is 55.8 Å². The number of amides is 1. The van der Waals surface area contributed by atoms with E-state index in [4.69, 9.17) is 4.74 Å². The minimum absolute atomic E-state index is 0.0331. The van der Waals surface area contributed by atoms with Crippen molar-refractivity contribution in [2.75, 3.05) is 26.0 Å². The van der Waals surface area contributed by atoms with E-state index in [-0.39, 0.29) is 17.5 Å². The molecule has 2 atom stereocenters. The maximum atomic E-state index is 10.6. The van der Waals surface area contributed by atoms with E-state index >= 15 is 0 Å². The molecule has 3 N–H and O–H groups in total. The van der Waals surface area contributed by atoms with Crippen LogP contribution in [0, 0.1) is 0 Å². The van der Waals surface area contributed by atoms with Crippen LogP contribution in [0.3, 0.4) is 0 Å². The summed E-state index contributed by atoms with van der Waals surface area (Å²) in [4.78, 5) is 12.7. The summed E-state index contributed by atoms with van der Waals surface area (Å²) in [5, 5.41) is 22.6. The van der Waals surface area contributed by atoms with Gasteiger partial charge in [-0.3, -0.25) is 4.79 Å². The fraction of sp³-hybridized carbons (Fsp3) is 0.350. The monoisotopic (exact) mass is 358 g/mol. The number of likely N-dealkylation sites (N-methyl/N-ethyl adjacent to an activating group) is 1. The molecule has 140 valence electrons. The molecule has 0 aliphatic rings. The van der Waals surface area contributed by atoms with Crippen molar-refractivity contribution in [3.8, 4) is 11.5 Å². The number of rotatable bonds is 9. The Bertz CT molecular complexity index is 718. The molecule has 2 aromatic carbocycles. The fourth-order valence-corrected chi connectivity index (χ4v) is 2.76. The van der Waals surface area contributed by atoms with Crippen LogP contribution in [0.25, 0.3) is 0 Å². The first-order valence-electron chi connectivity index (χ1n) is 8.49. The number of carbonyl (C=O) groups excluding carboxylic acids is 1. The molecule has 1 amide bonds. The molecule has 6 heteroatoms. The summed E-state index contributed by atoms with van der Waals surface area (Å²) in [5.41, 5.74) is 2.11. The topological polar surface area (TPSA) is 82.0 Å². The summed E-state index contributed by atoms with van der Waals surface area (Å²) in [6.07, 6.45) is 0.612. The van der Waals surface area contributed by atoms with Gasteiger partial charge in [0, 0.05) is 12.6 Å². The summed E-state index contributed by atoms with van der Waals surface area (Å²) < 4.78 is 5.17. The lowest BCUT2D eigenvalue weighted by molar-refractivity contribution is -0.105. The molecule has 6 nitrogen and oxygen atoms in total. The SMILES string of the molecule is COc1ccc(C[C@H](C)N(C)C[C@@H](O)c2ccc(O)c(NC=O)c2)cc1. The van der Waals surface area contributed by atoms with E-state index in [1.807, 2.05) is 31.3 Å². The highest BCUT2D eigenvalue weighted by Crippen LogP contribution is 2.27. The van der Waals surface area contributed by atoms with Gasteiger partial charge in [-0.1, -0.05) is 18.2 Å². The van der Waals surface area contributed by atoms with Gasteiger partial charge in [0.25, 0.3) is 0 Å². The molecule has 2 aromatic rings. The lowest BCUT2D eigenvalue weighted by atomic mass is 10.0. The van der Waals surface area contributed by atoms with Gasteiger partial charge < -0.3 is 25.2 Å². The van der Waals surface area contributed by atoms with Crippen LogP contribution in [0.15, 0.2) is 42.5 Å². The second kappa shape index (κ2) is 9.22. The minimum atomic E-state index is -0.730. The predicted molar refractivity (Wildman–Crippen MR) is 102 cm³/mol. The van der Waals surface area contributed by atoms with Crippen LogP contribution < -0.4 is 10.1 Å². The Kier molecular flexibility index (Phi) is 7.00. The van der Waals surface area contributed by atoms with Gasteiger partial charge >= 0.3 is 0 Å². The average Bonchev–Trinajstić information content (AvgIpc) is 2.64. The molecule has 2 rings (SSSR count). The van der Waals surface area contributed by atoms with E-state index < -0.39 is 6.10 Å². The van der Waals surface area contributed by atoms with E-state index in [1.165, 1.54) is 11.6 Å². The van der Waals surface area contributed by atoms with Crippen molar-refractivity contribution in [2.45, 2.75) is 25.5 Å². The summed E-state index contributed by atoms with van der Waals surface area (Å²) in [6, 6.07) is 12.9. The van der Waals surface area contributed by atoms with Crippen molar-refractivity contribution in [2.24, 2.45) is 0 Å². The van der Waals surface area contributed by atoms with Gasteiger partial charge in [-0.25, -0.2) is 0 Å². The van der Waals surface area contributed by atoms with Crippen molar-refractivity contribution in [3.05, 3.63) is 53.6 Å². The number of aliphatic hydroxyl groups excluding tert-OH is 1. The number of anilines is 1. The zero-order valence-electron chi connectivity index (χ0n) is 15.3. The molecule has 0 aromatic heterocycles. The highest BCUT2D eigenvalue weighted by molar-refractivity contribution is 5.75. The maximum Gasteiger partial charge on any atom is 0.211 e. The number of carbonyl (C=O) groups is 1. The van der Waals surface area contributed by atoms with Gasteiger partial charge in [0.1, 0.15) is 11.5 Å². The number of benzene rings is 2. The molecule has 26 heavy (non-hydrogen) atoms. The molecular formula is C20H26N2O4. The number of methoxy groups -OCH3 is 1. The first-order chi connectivity index (χ1) is 12.4. The Morgan fingerprint density at radius 2 is 1.92 bits per heavy atom. The minimum Gasteiger partial charge on any atom is -0.506 e. The molecule has 0 heterocycles. The Hall–Kier alpha value is -2.57. The molecule has 0 bridgehead atoms. The van der Waals surface area contributed by atoms with Crippen molar-refractivity contribution in [1.29, 1.82) is 0 Å². The number of hydrogen-bond donors (Lipinski definition) is 3. The largest absolute Gasteiger partial charge is 0.506 e. The summed E-state index contributed by atoms with van der Waals surface area (Å²) in [7, 11) is 3.61. The Labute approximate surface area is 154 Å². The number of aliphatic hydroxyl groups is 1. The number of nitrogens with zero attached hydrogens (tertiary/aromatic N) is 1. The lowest BCUT2D eigenvalue weighted by Crippen LogP contribution is -2.34. The van der Waals surface area contributed by atoms with Gasteiger partial charge in [0.15, 0.2) is 0 Å². The summed E-state index contributed by atoms with van der Waals surface area (Å²) in [5.74, 6) is 0.798. The molecule has 0 saturated heterocycles. The number of nitrogens with one attached hydrogen (secondary N) is 1. The van der Waals surface area contributed by atoms with Crippen LogP contribution in [-0.2, 0) is 11.2 Å². The zero-order valence-corrected chi connectivity index (χ0v) is 15.3. The summed E-state index contributed by atoms with van der Waals surface area (Å²) >= 11 is 0. The first kappa shape index (κ1) is 19.8. The highest BCUT2D eigenvalue weighted by Gasteiger charge is 2.17. The molecule has 0 unspecified atom stereocenters. The quantitative estimate of drug-likeness (QED) is 0.474. The van der Waals surface area contributed by atoms with Crippen molar-refractivity contribution < 1.29 is 19.7 Å². The predicted octanol–water partition coefficient (Wildman–Crippen LogP) is 2.57. The van der Waals surface area contributed by atoms with E-state index in [2.05, 4.69) is 17.1 Å². The molecule has 0 fully saturated rings. The molecule has 0 aliphatic carbocycles. The van der Waals surface area contributed by atoms with Gasteiger partial charge in [0.2, 0.25) is 6.41 Å². The third-order valence-electron chi connectivity index (χ3n) is 4.52. The smallest absolute Gasteiger partial charge is 0.211 e. The van der Waals surface area contributed by atoms with Crippen LogP contribution >= 0.6 is 0 Å². The molecule has 0 spiro atoms. The number of ether oxygens (including phenoxy) is 1. The van der Waals surface area contributed by atoms with Crippen LogP contribution in [0.5, 0.6) is 11.5 Å². The van der Waals surface area contributed by atoms with Crippen molar-refractivity contribution in [3.63, 3.8) is 0 Å². The Morgan fingerprint density at radius 3 is 2.54 bits per heavy atom. The third-order valence-corrected chi connectivity index (χ3v) is 4.52. The zero-order chi connectivity index (χ0) is 19.1. The highest BCUT2D eigenvalue weighted by atomic mass is 16.5. The third kappa shape index (κ3) is 5.21. The average molecular weight is 358 g/mol. The van der Waals surface area contributed by atoms with Gasteiger partial charge in [-0.2, -0.15) is 0 Å².